The summed E-state index contributed by atoms with van der Waals surface area (Å²) in [5.74, 6) is 0.273. The van der Waals surface area contributed by atoms with Gasteiger partial charge in [0.05, 0.1) is 0 Å². The minimum atomic E-state index is -0.948. The van der Waals surface area contributed by atoms with Crippen molar-refractivity contribution < 1.29 is 19.5 Å². The lowest BCUT2D eigenvalue weighted by Crippen LogP contribution is -2.55. The highest BCUT2D eigenvalue weighted by atomic mass is 32.2. The van der Waals surface area contributed by atoms with Gasteiger partial charge < -0.3 is 19.8 Å². The number of rotatable bonds is 1. The number of hydrogen-bond donors (Lipinski definition) is 1. The molecule has 0 aromatic rings. The van der Waals surface area contributed by atoms with E-state index in [0.717, 1.165) is 12.2 Å². The number of amides is 3. The van der Waals surface area contributed by atoms with Gasteiger partial charge in [-0.05, 0) is 6.42 Å². The molecule has 2 saturated heterocycles. The Labute approximate surface area is 128 Å². The standard InChI is InChI=1S/C13H21N3O4S/c1-10(17)14-3-2-4-15(6-5-14)13(20)16-7-8-21-9-11(16)12(18)19/h11H,2-9H2,1H3,(H,18,19). The Kier molecular flexibility index (Phi) is 5.33. The van der Waals surface area contributed by atoms with Gasteiger partial charge in [0.1, 0.15) is 6.04 Å². The first kappa shape index (κ1) is 15.9. The summed E-state index contributed by atoms with van der Waals surface area (Å²) in [7, 11) is 0. The second kappa shape index (κ2) is 7.02. The SMILES string of the molecule is CC(=O)N1CCCN(C(=O)N2CCSCC2C(=O)O)CC1. The van der Waals surface area contributed by atoms with Crippen LogP contribution in [0.1, 0.15) is 13.3 Å². The highest BCUT2D eigenvalue weighted by molar-refractivity contribution is 7.99. The van der Waals surface area contributed by atoms with Crippen molar-refractivity contribution in [1.82, 2.24) is 14.7 Å². The molecular weight excluding hydrogens is 294 g/mol. The summed E-state index contributed by atoms with van der Waals surface area (Å²) in [6.45, 7) is 4.19. The maximum atomic E-state index is 12.6. The molecule has 21 heavy (non-hydrogen) atoms. The average Bonchev–Trinajstić information content (AvgIpc) is 2.72. The highest BCUT2D eigenvalue weighted by Crippen LogP contribution is 2.19. The normalized spacial score (nSPS) is 23.7. The molecule has 1 unspecified atom stereocenters. The third kappa shape index (κ3) is 3.81. The molecule has 2 aliphatic heterocycles. The minimum Gasteiger partial charge on any atom is -0.480 e. The molecule has 8 heteroatoms. The molecule has 0 radical (unpaired) electrons. The average molecular weight is 315 g/mol. The lowest BCUT2D eigenvalue weighted by Gasteiger charge is -2.36. The minimum absolute atomic E-state index is 0.0158. The van der Waals surface area contributed by atoms with E-state index in [4.69, 9.17) is 0 Å². The molecule has 0 spiro atoms. The molecule has 2 aliphatic rings. The van der Waals surface area contributed by atoms with Crippen molar-refractivity contribution in [3.63, 3.8) is 0 Å². The molecular formula is C13H21N3O4S. The first-order chi connectivity index (χ1) is 10.0. The summed E-state index contributed by atoms with van der Waals surface area (Å²) >= 11 is 1.56. The molecule has 3 amide bonds. The maximum absolute atomic E-state index is 12.6. The van der Waals surface area contributed by atoms with Crippen molar-refractivity contribution in [2.24, 2.45) is 0 Å². The van der Waals surface area contributed by atoms with E-state index in [1.165, 1.54) is 11.8 Å². The molecule has 2 fully saturated rings. The number of carboxylic acids is 1. The van der Waals surface area contributed by atoms with Gasteiger partial charge in [-0.15, -0.1) is 0 Å². The van der Waals surface area contributed by atoms with E-state index in [0.29, 0.717) is 38.5 Å². The van der Waals surface area contributed by atoms with Crippen LogP contribution in [0.15, 0.2) is 0 Å². The van der Waals surface area contributed by atoms with Crippen LogP contribution in [0.2, 0.25) is 0 Å². The van der Waals surface area contributed by atoms with Gasteiger partial charge in [0, 0.05) is 51.2 Å². The van der Waals surface area contributed by atoms with Crippen molar-refractivity contribution in [1.29, 1.82) is 0 Å². The predicted molar refractivity (Wildman–Crippen MR) is 79.3 cm³/mol. The van der Waals surface area contributed by atoms with E-state index in [1.807, 2.05) is 0 Å². The molecule has 1 atom stereocenters. The Bertz CT molecular complexity index is 432. The lowest BCUT2D eigenvalue weighted by molar-refractivity contribution is -0.141. The van der Waals surface area contributed by atoms with Gasteiger partial charge in [-0.2, -0.15) is 11.8 Å². The number of carboxylic acid groups (broad SMARTS) is 1. The van der Waals surface area contributed by atoms with Crippen LogP contribution in [0.5, 0.6) is 0 Å². The molecule has 0 aliphatic carbocycles. The number of carbonyl (C=O) groups is 3. The molecule has 0 saturated carbocycles. The Morgan fingerprint density at radius 3 is 2.38 bits per heavy atom. The summed E-state index contributed by atoms with van der Waals surface area (Å²) in [4.78, 5) is 40.1. The number of nitrogens with zero attached hydrogens (tertiary/aromatic N) is 3. The highest BCUT2D eigenvalue weighted by Gasteiger charge is 2.35. The topological polar surface area (TPSA) is 81.2 Å². The zero-order chi connectivity index (χ0) is 15.4. The van der Waals surface area contributed by atoms with Crippen molar-refractivity contribution in [2.75, 3.05) is 44.2 Å². The van der Waals surface area contributed by atoms with Crippen molar-refractivity contribution >= 4 is 29.7 Å². The molecule has 7 nitrogen and oxygen atoms in total. The lowest BCUT2D eigenvalue weighted by atomic mass is 10.3. The fourth-order valence-corrected chi connectivity index (χ4v) is 3.68. The first-order valence-electron chi connectivity index (χ1n) is 7.12. The monoisotopic (exact) mass is 315 g/mol. The zero-order valence-electron chi connectivity index (χ0n) is 12.2. The second-order valence-electron chi connectivity index (χ2n) is 5.25. The third-order valence-corrected chi connectivity index (χ3v) is 4.89. The third-order valence-electron chi connectivity index (χ3n) is 3.87. The van der Waals surface area contributed by atoms with Crippen molar-refractivity contribution in [3.05, 3.63) is 0 Å². The molecule has 2 heterocycles. The largest absolute Gasteiger partial charge is 0.480 e. The number of aliphatic carboxylic acids is 1. The molecule has 2 rings (SSSR count). The van der Waals surface area contributed by atoms with Gasteiger partial charge in [0.25, 0.3) is 0 Å². The number of carbonyl (C=O) groups excluding carboxylic acids is 2. The Balaban J connectivity index is 2.01. The van der Waals surface area contributed by atoms with Crippen LogP contribution in [0.3, 0.4) is 0 Å². The summed E-state index contributed by atoms with van der Waals surface area (Å²) in [5.41, 5.74) is 0. The first-order valence-corrected chi connectivity index (χ1v) is 8.28. The van der Waals surface area contributed by atoms with E-state index >= 15 is 0 Å². The van der Waals surface area contributed by atoms with Gasteiger partial charge in [-0.25, -0.2) is 9.59 Å². The molecule has 1 N–H and O–H groups in total. The van der Waals surface area contributed by atoms with E-state index < -0.39 is 12.0 Å². The smallest absolute Gasteiger partial charge is 0.327 e. The van der Waals surface area contributed by atoms with Gasteiger partial charge in [-0.3, -0.25) is 4.79 Å². The van der Waals surface area contributed by atoms with Crippen LogP contribution in [0.25, 0.3) is 0 Å². The van der Waals surface area contributed by atoms with Gasteiger partial charge in [0.15, 0.2) is 0 Å². The van der Waals surface area contributed by atoms with Crippen LogP contribution < -0.4 is 0 Å². The molecule has 0 bridgehead atoms. The summed E-state index contributed by atoms with van der Waals surface area (Å²) < 4.78 is 0. The number of thioether (sulfide) groups is 1. The van der Waals surface area contributed by atoms with Crippen molar-refractivity contribution in [2.45, 2.75) is 19.4 Å². The second-order valence-corrected chi connectivity index (χ2v) is 6.40. The van der Waals surface area contributed by atoms with E-state index in [2.05, 4.69) is 0 Å². The van der Waals surface area contributed by atoms with E-state index in [-0.39, 0.29) is 11.9 Å². The van der Waals surface area contributed by atoms with Crippen LogP contribution in [0.4, 0.5) is 4.79 Å². The summed E-state index contributed by atoms with van der Waals surface area (Å²) in [6.07, 6.45) is 0.728. The predicted octanol–water partition coefficient (Wildman–Crippen LogP) is 0.163. The summed E-state index contributed by atoms with van der Waals surface area (Å²) in [5, 5.41) is 9.25. The van der Waals surface area contributed by atoms with Crippen LogP contribution in [-0.2, 0) is 9.59 Å². The van der Waals surface area contributed by atoms with Crippen LogP contribution in [-0.4, -0.2) is 88.0 Å². The van der Waals surface area contributed by atoms with Crippen molar-refractivity contribution in [3.8, 4) is 0 Å². The van der Waals surface area contributed by atoms with Gasteiger partial charge in [-0.1, -0.05) is 0 Å². The molecule has 0 aromatic carbocycles. The van der Waals surface area contributed by atoms with E-state index in [1.54, 1.807) is 21.6 Å². The van der Waals surface area contributed by atoms with Gasteiger partial charge >= 0.3 is 12.0 Å². The maximum Gasteiger partial charge on any atom is 0.327 e. The molecule has 0 aromatic heterocycles. The summed E-state index contributed by atoms with van der Waals surface area (Å²) in [6, 6.07) is -0.962. The Hall–Kier alpha value is -1.44. The molecule has 118 valence electrons. The fourth-order valence-electron chi connectivity index (χ4n) is 2.64. The van der Waals surface area contributed by atoms with Crippen LogP contribution >= 0.6 is 11.8 Å². The van der Waals surface area contributed by atoms with Crippen LogP contribution in [0, 0.1) is 0 Å². The number of urea groups is 1. The number of hydrogen-bond acceptors (Lipinski definition) is 4. The van der Waals surface area contributed by atoms with Gasteiger partial charge in [0.2, 0.25) is 5.91 Å². The Morgan fingerprint density at radius 1 is 1.05 bits per heavy atom. The fraction of sp³-hybridized carbons (Fsp3) is 0.769. The zero-order valence-corrected chi connectivity index (χ0v) is 13.0. The van der Waals surface area contributed by atoms with E-state index in [9.17, 15) is 19.5 Å². The quantitative estimate of drug-likeness (QED) is 0.745. The Morgan fingerprint density at radius 2 is 1.71 bits per heavy atom.